The molecule has 0 unspecified atom stereocenters. The number of imidazole rings is 1. The molecule has 1 amide bonds. The standard InChI is InChI=1S/C17H28N4O3S/c1-14(2)20-12-16(18-13-20)25(23,24)21-10-6-15(7-11-21)17(22)19-8-4-3-5-9-19/h12-15H,3-11H2,1-2H3. The molecular formula is C17H28N4O3S. The average Bonchev–Trinajstić information content (AvgIpc) is 3.13. The van der Waals surface area contributed by atoms with Gasteiger partial charge >= 0.3 is 0 Å². The lowest BCUT2D eigenvalue weighted by Crippen LogP contribution is -2.45. The molecule has 2 aliphatic heterocycles. The van der Waals surface area contributed by atoms with Crippen LogP contribution in [-0.4, -0.2) is 59.3 Å². The van der Waals surface area contributed by atoms with Crippen LogP contribution in [-0.2, 0) is 14.8 Å². The van der Waals surface area contributed by atoms with E-state index in [1.54, 1.807) is 17.1 Å². The fraction of sp³-hybridized carbons (Fsp3) is 0.765. The third-order valence-corrected chi connectivity index (χ3v) is 7.03. The van der Waals surface area contributed by atoms with Gasteiger partial charge in [-0.25, -0.2) is 13.4 Å². The molecular weight excluding hydrogens is 340 g/mol. The third-order valence-electron chi connectivity index (χ3n) is 5.25. The molecule has 2 aliphatic rings. The Morgan fingerprint density at radius 1 is 1.12 bits per heavy atom. The van der Waals surface area contributed by atoms with Crippen molar-refractivity contribution in [2.24, 2.45) is 5.92 Å². The maximum Gasteiger partial charge on any atom is 0.262 e. The first-order chi connectivity index (χ1) is 11.9. The number of hydrogen-bond donors (Lipinski definition) is 0. The molecule has 0 saturated carbocycles. The quantitative estimate of drug-likeness (QED) is 0.813. The molecule has 0 N–H and O–H groups in total. The minimum atomic E-state index is -3.57. The Balaban J connectivity index is 1.61. The average molecular weight is 369 g/mol. The Morgan fingerprint density at radius 3 is 2.32 bits per heavy atom. The summed E-state index contributed by atoms with van der Waals surface area (Å²) in [6, 6.07) is 0.171. The Kier molecular flexibility index (Phi) is 5.48. The predicted molar refractivity (Wildman–Crippen MR) is 94.5 cm³/mol. The van der Waals surface area contributed by atoms with Gasteiger partial charge < -0.3 is 9.47 Å². The normalized spacial score (nSPS) is 21.0. The second-order valence-corrected chi connectivity index (χ2v) is 9.20. The lowest BCUT2D eigenvalue weighted by atomic mass is 9.95. The largest absolute Gasteiger partial charge is 0.342 e. The van der Waals surface area contributed by atoms with Gasteiger partial charge in [0.25, 0.3) is 10.0 Å². The van der Waals surface area contributed by atoms with Crippen molar-refractivity contribution in [2.45, 2.75) is 57.0 Å². The minimum absolute atomic E-state index is 0.0437. The Labute approximate surface area is 150 Å². The molecule has 2 saturated heterocycles. The van der Waals surface area contributed by atoms with Crippen LogP contribution in [0.15, 0.2) is 17.6 Å². The summed E-state index contributed by atoms with van der Waals surface area (Å²) in [6.07, 6.45) is 7.70. The molecule has 0 radical (unpaired) electrons. The Morgan fingerprint density at radius 2 is 1.76 bits per heavy atom. The van der Waals surface area contributed by atoms with E-state index in [0.717, 1.165) is 25.9 Å². The van der Waals surface area contributed by atoms with Crippen LogP contribution in [0.1, 0.15) is 52.0 Å². The molecule has 0 bridgehead atoms. The molecule has 2 fully saturated rings. The van der Waals surface area contributed by atoms with Crippen molar-refractivity contribution in [1.82, 2.24) is 18.8 Å². The summed E-state index contributed by atoms with van der Waals surface area (Å²) in [6.45, 7) is 6.45. The summed E-state index contributed by atoms with van der Waals surface area (Å²) in [5.41, 5.74) is 0. The zero-order chi connectivity index (χ0) is 18.0. The monoisotopic (exact) mass is 368 g/mol. The molecule has 3 heterocycles. The number of amides is 1. The lowest BCUT2D eigenvalue weighted by molar-refractivity contribution is -0.137. The van der Waals surface area contributed by atoms with Crippen molar-refractivity contribution in [2.75, 3.05) is 26.2 Å². The van der Waals surface area contributed by atoms with Gasteiger partial charge in [-0.2, -0.15) is 4.31 Å². The highest BCUT2D eigenvalue weighted by Crippen LogP contribution is 2.26. The maximum absolute atomic E-state index is 12.8. The van der Waals surface area contributed by atoms with Crippen molar-refractivity contribution in [3.63, 3.8) is 0 Å². The maximum atomic E-state index is 12.8. The van der Waals surface area contributed by atoms with Gasteiger partial charge in [0.05, 0.1) is 6.33 Å². The van der Waals surface area contributed by atoms with Gasteiger partial charge in [0.2, 0.25) is 5.91 Å². The number of carbonyl (C=O) groups excluding carboxylic acids is 1. The van der Waals surface area contributed by atoms with Crippen molar-refractivity contribution >= 4 is 15.9 Å². The highest BCUT2D eigenvalue weighted by molar-refractivity contribution is 7.89. The Bertz CT molecular complexity index is 699. The molecule has 1 aromatic rings. The minimum Gasteiger partial charge on any atom is -0.342 e. The van der Waals surface area contributed by atoms with Gasteiger partial charge in [0.1, 0.15) is 0 Å². The van der Waals surface area contributed by atoms with E-state index in [9.17, 15) is 13.2 Å². The number of piperidine rings is 2. The summed E-state index contributed by atoms with van der Waals surface area (Å²) < 4.78 is 28.8. The second-order valence-electron chi connectivity index (χ2n) is 7.32. The fourth-order valence-electron chi connectivity index (χ4n) is 3.58. The van der Waals surface area contributed by atoms with Crippen LogP contribution in [0.2, 0.25) is 0 Å². The predicted octanol–water partition coefficient (Wildman–Crippen LogP) is 1.88. The van der Waals surface area contributed by atoms with E-state index in [1.165, 1.54) is 10.7 Å². The Hall–Kier alpha value is -1.41. The zero-order valence-electron chi connectivity index (χ0n) is 15.1. The summed E-state index contributed by atoms with van der Waals surface area (Å²) in [4.78, 5) is 18.6. The molecule has 0 atom stereocenters. The molecule has 8 heteroatoms. The number of rotatable bonds is 4. The van der Waals surface area contributed by atoms with E-state index < -0.39 is 10.0 Å². The van der Waals surface area contributed by atoms with E-state index in [4.69, 9.17) is 0 Å². The topological polar surface area (TPSA) is 75.5 Å². The number of sulfonamides is 1. The van der Waals surface area contributed by atoms with Gasteiger partial charge in [-0.05, 0) is 46.0 Å². The van der Waals surface area contributed by atoms with E-state index in [2.05, 4.69) is 4.98 Å². The van der Waals surface area contributed by atoms with Crippen molar-refractivity contribution in [3.8, 4) is 0 Å². The van der Waals surface area contributed by atoms with Gasteiger partial charge in [0, 0.05) is 44.3 Å². The first-order valence-corrected chi connectivity index (χ1v) is 10.7. The smallest absolute Gasteiger partial charge is 0.262 e. The van der Waals surface area contributed by atoms with E-state index in [-0.39, 0.29) is 22.9 Å². The molecule has 7 nitrogen and oxygen atoms in total. The molecule has 25 heavy (non-hydrogen) atoms. The first kappa shape index (κ1) is 18.4. The van der Waals surface area contributed by atoms with Crippen LogP contribution in [0.5, 0.6) is 0 Å². The number of nitrogens with zero attached hydrogens (tertiary/aromatic N) is 4. The highest BCUT2D eigenvalue weighted by Gasteiger charge is 2.35. The van der Waals surface area contributed by atoms with Crippen LogP contribution >= 0.6 is 0 Å². The number of aromatic nitrogens is 2. The summed E-state index contributed by atoms with van der Waals surface area (Å²) in [5, 5.41) is 0.0991. The summed E-state index contributed by atoms with van der Waals surface area (Å²) in [5.74, 6) is 0.165. The lowest BCUT2D eigenvalue weighted by Gasteiger charge is -2.34. The number of likely N-dealkylation sites (tertiary alicyclic amines) is 1. The number of hydrogen-bond acceptors (Lipinski definition) is 4. The van der Waals surface area contributed by atoms with Gasteiger partial charge in [-0.15, -0.1) is 0 Å². The van der Waals surface area contributed by atoms with Crippen LogP contribution in [0.3, 0.4) is 0 Å². The summed E-state index contributed by atoms with van der Waals surface area (Å²) in [7, 11) is -3.57. The molecule has 3 rings (SSSR count). The third kappa shape index (κ3) is 3.89. The van der Waals surface area contributed by atoms with Gasteiger partial charge in [-0.1, -0.05) is 0 Å². The van der Waals surface area contributed by atoms with Crippen LogP contribution in [0.4, 0.5) is 0 Å². The summed E-state index contributed by atoms with van der Waals surface area (Å²) >= 11 is 0. The highest BCUT2D eigenvalue weighted by atomic mass is 32.2. The van der Waals surface area contributed by atoms with E-state index in [0.29, 0.717) is 25.9 Å². The van der Waals surface area contributed by atoms with Crippen LogP contribution in [0.25, 0.3) is 0 Å². The molecule has 1 aromatic heterocycles. The SMILES string of the molecule is CC(C)n1cnc(S(=O)(=O)N2CCC(C(=O)N3CCCCC3)CC2)c1. The molecule has 140 valence electrons. The molecule has 0 aliphatic carbocycles. The second kappa shape index (κ2) is 7.45. The fourth-order valence-corrected chi connectivity index (χ4v) is 4.97. The molecule has 0 aromatic carbocycles. The first-order valence-electron chi connectivity index (χ1n) is 9.22. The zero-order valence-corrected chi connectivity index (χ0v) is 15.9. The number of carbonyl (C=O) groups is 1. The van der Waals surface area contributed by atoms with E-state index in [1.807, 2.05) is 18.7 Å². The van der Waals surface area contributed by atoms with Crippen molar-refractivity contribution in [3.05, 3.63) is 12.5 Å². The van der Waals surface area contributed by atoms with Gasteiger partial charge in [-0.3, -0.25) is 4.79 Å². The van der Waals surface area contributed by atoms with Crippen LogP contribution < -0.4 is 0 Å². The van der Waals surface area contributed by atoms with Gasteiger partial charge in [0.15, 0.2) is 5.03 Å². The van der Waals surface area contributed by atoms with Crippen molar-refractivity contribution < 1.29 is 13.2 Å². The van der Waals surface area contributed by atoms with E-state index >= 15 is 0 Å². The molecule has 0 spiro atoms. The van der Waals surface area contributed by atoms with Crippen LogP contribution in [0, 0.1) is 5.92 Å². The van der Waals surface area contributed by atoms with Crippen molar-refractivity contribution in [1.29, 1.82) is 0 Å².